The molecule has 0 bridgehead atoms. The van der Waals surface area contributed by atoms with Crippen LogP contribution in [0.25, 0.3) is 10.9 Å². The molecule has 1 aromatic heterocycles. The number of aromatic nitrogens is 1. The number of hydrogen-bond donors (Lipinski definition) is 1. The van der Waals surface area contributed by atoms with Gasteiger partial charge in [-0.3, -0.25) is 4.98 Å². The van der Waals surface area contributed by atoms with Crippen LogP contribution in [0, 0.1) is 6.92 Å². The fraction of sp³-hybridized carbons (Fsp3) is 0.357. The molecule has 0 aliphatic rings. The van der Waals surface area contributed by atoms with E-state index in [1.54, 1.807) is 0 Å². The summed E-state index contributed by atoms with van der Waals surface area (Å²) in [6, 6.07) is 10.4. The lowest BCUT2D eigenvalue weighted by Gasteiger charge is -2.25. The van der Waals surface area contributed by atoms with E-state index in [-0.39, 0.29) is 5.41 Å². The smallest absolute Gasteiger partial charge is 0.0708 e. The van der Waals surface area contributed by atoms with Crippen molar-refractivity contribution in [2.75, 3.05) is 6.54 Å². The van der Waals surface area contributed by atoms with Crippen molar-refractivity contribution in [3.63, 3.8) is 0 Å². The molecular weight excluding hydrogens is 196 g/mol. The molecule has 0 amide bonds. The van der Waals surface area contributed by atoms with Crippen molar-refractivity contribution in [2.24, 2.45) is 5.73 Å². The summed E-state index contributed by atoms with van der Waals surface area (Å²) in [4.78, 5) is 4.54. The Labute approximate surface area is 96.5 Å². The van der Waals surface area contributed by atoms with Crippen LogP contribution in [-0.4, -0.2) is 11.5 Å². The summed E-state index contributed by atoms with van der Waals surface area (Å²) < 4.78 is 0. The maximum atomic E-state index is 5.86. The third-order valence-corrected chi connectivity index (χ3v) is 3.08. The highest BCUT2D eigenvalue weighted by Gasteiger charge is 2.21. The molecule has 0 aliphatic carbocycles. The fourth-order valence-corrected chi connectivity index (χ4v) is 1.98. The van der Waals surface area contributed by atoms with E-state index < -0.39 is 0 Å². The second kappa shape index (κ2) is 3.87. The highest BCUT2D eigenvalue weighted by molar-refractivity contribution is 5.83. The van der Waals surface area contributed by atoms with E-state index in [9.17, 15) is 0 Å². The molecule has 16 heavy (non-hydrogen) atoms. The fourth-order valence-electron chi connectivity index (χ4n) is 1.98. The van der Waals surface area contributed by atoms with Crippen molar-refractivity contribution < 1.29 is 0 Å². The van der Waals surface area contributed by atoms with Gasteiger partial charge >= 0.3 is 0 Å². The van der Waals surface area contributed by atoms with Gasteiger partial charge in [-0.05, 0) is 24.6 Å². The van der Waals surface area contributed by atoms with E-state index in [0.29, 0.717) is 6.54 Å². The van der Waals surface area contributed by atoms with Gasteiger partial charge in [0.2, 0.25) is 0 Å². The number of para-hydroxylation sites is 1. The van der Waals surface area contributed by atoms with E-state index >= 15 is 0 Å². The predicted octanol–water partition coefficient (Wildman–Crippen LogP) is 2.78. The van der Waals surface area contributed by atoms with Crippen molar-refractivity contribution >= 4 is 10.9 Å². The van der Waals surface area contributed by atoms with E-state index in [1.165, 1.54) is 10.9 Å². The van der Waals surface area contributed by atoms with Gasteiger partial charge in [-0.2, -0.15) is 0 Å². The largest absolute Gasteiger partial charge is 0.330 e. The van der Waals surface area contributed by atoms with E-state index in [2.05, 4.69) is 43.1 Å². The van der Waals surface area contributed by atoms with Crippen LogP contribution in [0.5, 0.6) is 0 Å². The van der Waals surface area contributed by atoms with Gasteiger partial charge in [-0.15, -0.1) is 0 Å². The van der Waals surface area contributed by atoms with Gasteiger partial charge in [-0.25, -0.2) is 0 Å². The van der Waals surface area contributed by atoms with Crippen molar-refractivity contribution in [1.82, 2.24) is 4.98 Å². The van der Waals surface area contributed by atoms with Crippen LogP contribution in [0.1, 0.15) is 25.1 Å². The van der Waals surface area contributed by atoms with E-state index in [1.807, 2.05) is 13.0 Å². The maximum absolute atomic E-state index is 5.86. The van der Waals surface area contributed by atoms with Crippen LogP contribution in [0.15, 0.2) is 30.3 Å². The Morgan fingerprint density at radius 2 is 1.94 bits per heavy atom. The zero-order valence-corrected chi connectivity index (χ0v) is 10.1. The van der Waals surface area contributed by atoms with Crippen LogP contribution in [0.3, 0.4) is 0 Å². The highest BCUT2D eigenvalue weighted by atomic mass is 14.7. The summed E-state index contributed by atoms with van der Waals surface area (Å²) in [5.74, 6) is 0. The van der Waals surface area contributed by atoms with Gasteiger partial charge in [0.25, 0.3) is 0 Å². The van der Waals surface area contributed by atoms with Gasteiger partial charge in [0.05, 0.1) is 5.52 Å². The number of fused-ring (bicyclic) bond motifs is 1. The van der Waals surface area contributed by atoms with Gasteiger partial charge in [0.15, 0.2) is 0 Å². The van der Waals surface area contributed by atoms with Crippen molar-refractivity contribution in [2.45, 2.75) is 26.2 Å². The Balaban J connectivity index is 2.77. The van der Waals surface area contributed by atoms with Gasteiger partial charge in [-0.1, -0.05) is 32.0 Å². The summed E-state index contributed by atoms with van der Waals surface area (Å²) in [6.07, 6.45) is 0. The first-order valence-electron chi connectivity index (χ1n) is 5.61. The quantitative estimate of drug-likeness (QED) is 0.835. The van der Waals surface area contributed by atoms with Crippen molar-refractivity contribution in [3.8, 4) is 0 Å². The molecule has 2 rings (SSSR count). The number of nitrogens with zero attached hydrogens (tertiary/aromatic N) is 1. The molecule has 0 spiro atoms. The topological polar surface area (TPSA) is 38.9 Å². The first-order chi connectivity index (χ1) is 7.54. The van der Waals surface area contributed by atoms with Gasteiger partial charge in [0.1, 0.15) is 0 Å². The third-order valence-electron chi connectivity index (χ3n) is 3.08. The molecule has 0 radical (unpaired) electrons. The lowest BCUT2D eigenvalue weighted by Crippen LogP contribution is -2.28. The minimum absolute atomic E-state index is 0.00664. The molecule has 2 nitrogen and oxygen atoms in total. The molecule has 0 fully saturated rings. The Morgan fingerprint density at radius 3 is 2.62 bits per heavy atom. The molecular formula is C14H18N2. The minimum atomic E-state index is -0.00664. The molecule has 0 unspecified atom stereocenters. The first kappa shape index (κ1) is 11.1. The number of benzene rings is 1. The minimum Gasteiger partial charge on any atom is -0.330 e. The van der Waals surface area contributed by atoms with Crippen molar-refractivity contribution in [3.05, 3.63) is 41.6 Å². The Bertz CT molecular complexity index is 515. The molecule has 0 atom stereocenters. The van der Waals surface area contributed by atoms with E-state index in [0.717, 1.165) is 11.2 Å². The highest BCUT2D eigenvalue weighted by Crippen LogP contribution is 2.29. The molecule has 0 saturated heterocycles. The zero-order chi connectivity index (χ0) is 11.8. The number of nitrogens with two attached hydrogens (primary N) is 1. The average Bonchev–Trinajstić information content (AvgIpc) is 2.28. The molecule has 1 aromatic carbocycles. The summed E-state index contributed by atoms with van der Waals surface area (Å²) in [5.41, 5.74) is 9.25. The lowest BCUT2D eigenvalue weighted by molar-refractivity contribution is 0.543. The maximum Gasteiger partial charge on any atom is 0.0708 e. The predicted molar refractivity (Wildman–Crippen MR) is 68.6 cm³/mol. The summed E-state index contributed by atoms with van der Waals surface area (Å²) in [5, 5.41) is 1.21. The normalized spacial score (nSPS) is 12.0. The lowest BCUT2D eigenvalue weighted by atomic mass is 9.82. The van der Waals surface area contributed by atoms with Crippen molar-refractivity contribution in [1.29, 1.82) is 0 Å². The number of pyridine rings is 1. The third kappa shape index (κ3) is 1.81. The molecule has 84 valence electrons. The van der Waals surface area contributed by atoms with Crippen LogP contribution in [0.2, 0.25) is 0 Å². The van der Waals surface area contributed by atoms with Crippen LogP contribution >= 0.6 is 0 Å². The average molecular weight is 214 g/mol. The summed E-state index contributed by atoms with van der Waals surface area (Å²) in [7, 11) is 0. The zero-order valence-electron chi connectivity index (χ0n) is 10.1. The van der Waals surface area contributed by atoms with Crippen LogP contribution < -0.4 is 5.73 Å². The van der Waals surface area contributed by atoms with Gasteiger partial charge < -0.3 is 5.73 Å². The molecule has 2 N–H and O–H groups in total. The molecule has 0 saturated carbocycles. The SMILES string of the molecule is Cc1cc(C(C)(C)CN)c2ccccc2n1. The van der Waals surface area contributed by atoms with Crippen LogP contribution in [0.4, 0.5) is 0 Å². The molecule has 1 heterocycles. The molecule has 2 heteroatoms. The standard InChI is InChI=1S/C14H18N2/c1-10-8-12(14(2,3)9-15)11-6-4-5-7-13(11)16-10/h4-8H,9,15H2,1-3H3. The summed E-state index contributed by atoms with van der Waals surface area (Å²) in [6.45, 7) is 7.02. The molecule has 2 aromatic rings. The second-order valence-electron chi connectivity index (χ2n) is 4.92. The Hall–Kier alpha value is -1.41. The van der Waals surface area contributed by atoms with Crippen LogP contribution in [-0.2, 0) is 5.41 Å². The number of aryl methyl sites for hydroxylation is 1. The monoisotopic (exact) mass is 214 g/mol. The van der Waals surface area contributed by atoms with Gasteiger partial charge in [0, 0.05) is 23.0 Å². The first-order valence-corrected chi connectivity index (χ1v) is 5.61. The number of rotatable bonds is 2. The van der Waals surface area contributed by atoms with E-state index in [4.69, 9.17) is 5.73 Å². The number of hydrogen-bond acceptors (Lipinski definition) is 2. The molecule has 0 aliphatic heterocycles. The Morgan fingerprint density at radius 1 is 1.25 bits per heavy atom. The summed E-state index contributed by atoms with van der Waals surface area (Å²) >= 11 is 0. The second-order valence-corrected chi connectivity index (χ2v) is 4.92. The Kier molecular flexibility index (Phi) is 2.68.